The lowest BCUT2D eigenvalue weighted by Crippen LogP contribution is -2.37. The van der Waals surface area contributed by atoms with Gasteiger partial charge in [-0.3, -0.25) is 4.79 Å². The number of ether oxygens (including phenoxy) is 4. The first kappa shape index (κ1) is 17.6. The fourth-order valence-electron chi connectivity index (χ4n) is 3.46. The number of carbonyl (C=O) groups is 1. The van der Waals surface area contributed by atoms with Gasteiger partial charge in [0.25, 0.3) is 0 Å². The molecule has 0 amide bonds. The summed E-state index contributed by atoms with van der Waals surface area (Å²) in [7, 11) is 3.17. The molecule has 2 heterocycles. The minimum Gasteiger partial charge on any atom is -0.493 e. The van der Waals surface area contributed by atoms with E-state index < -0.39 is 0 Å². The van der Waals surface area contributed by atoms with Crippen molar-refractivity contribution in [2.45, 2.75) is 31.7 Å². The lowest BCUT2D eigenvalue weighted by atomic mass is 9.92. The molecule has 4 rings (SSSR count). The fourth-order valence-corrected chi connectivity index (χ4v) is 3.46. The summed E-state index contributed by atoms with van der Waals surface area (Å²) in [6, 6.07) is 11.0. The zero-order valence-corrected chi connectivity index (χ0v) is 15.8. The van der Waals surface area contributed by atoms with E-state index in [1.54, 1.807) is 32.4 Å². The van der Waals surface area contributed by atoms with Crippen LogP contribution in [0.3, 0.4) is 0 Å². The lowest BCUT2D eigenvalue weighted by molar-refractivity contribution is 0.0725. The van der Waals surface area contributed by atoms with Gasteiger partial charge in [0.05, 0.1) is 14.2 Å². The Kier molecular flexibility index (Phi) is 4.19. The predicted octanol–water partition coefficient (Wildman–Crippen LogP) is 4.21. The van der Waals surface area contributed by atoms with E-state index in [1.807, 2.05) is 44.2 Å². The molecule has 2 unspecified atom stereocenters. The third-order valence-corrected chi connectivity index (χ3v) is 4.99. The van der Waals surface area contributed by atoms with Crippen LogP contribution in [0.15, 0.2) is 42.5 Å². The summed E-state index contributed by atoms with van der Waals surface area (Å²) in [5.41, 5.74) is 2.08. The van der Waals surface area contributed by atoms with E-state index in [9.17, 15) is 4.79 Å². The minimum absolute atomic E-state index is 0.0197. The molecule has 5 nitrogen and oxygen atoms in total. The van der Waals surface area contributed by atoms with Crippen molar-refractivity contribution in [3.8, 4) is 17.2 Å². The van der Waals surface area contributed by atoms with E-state index in [-0.39, 0.29) is 23.6 Å². The van der Waals surface area contributed by atoms with Gasteiger partial charge in [0, 0.05) is 11.1 Å². The van der Waals surface area contributed by atoms with Crippen LogP contribution in [0.25, 0.3) is 6.08 Å². The first-order chi connectivity index (χ1) is 12.9. The van der Waals surface area contributed by atoms with Crippen LogP contribution >= 0.6 is 0 Å². The van der Waals surface area contributed by atoms with E-state index in [0.717, 1.165) is 16.9 Å². The number of hydrogen-bond acceptors (Lipinski definition) is 5. The van der Waals surface area contributed by atoms with E-state index in [2.05, 4.69) is 0 Å². The van der Waals surface area contributed by atoms with Gasteiger partial charge in [-0.2, -0.15) is 0 Å². The van der Waals surface area contributed by atoms with Crippen LogP contribution in [0.1, 0.15) is 41.4 Å². The highest BCUT2D eigenvalue weighted by molar-refractivity contribution is 6.07. The second-order valence-corrected chi connectivity index (χ2v) is 7.25. The molecule has 2 atom stereocenters. The number of ketones is 1. The van der Waals surface area contributed by atoms with Gasteiger partial charge >= 0.3 is 0 Å². The summed E-state index contributed by atoms with van der Waals surface area (Å²) in [5.74, 6) is 1.99. The molecule has 5 heteroatoms. The molecule has 1 saturated heterocycles. The first-order valence-electron chi connectivity index (χ1n) is 8.86. The molecule has 2 aromatic rings. The van der Waals surface area contributed by atoms with E-state index in [0.29, 0.717) is 17.1 Å². The summed E-state index contributed by atoms with van der Waals surface area (Å²) in [6.07, 6.45) is 3.39. The number of rotatable bonds is 5. The molecule has 0 aromatic heterocycles. The second kappa shape index (κ2) is 6.43. The predicted molar refractivity (Wildman–Crippen MR) is 102 cm³/mol. The molecule has 1 fully saturated rings. The van der Waals surface area contributed by atoms with Crippen molar-refractivity contribution in [1.29, 1.82) is 0 Å². The largest absolute Gasteiger partial charge is 0.493 e. The Morgan fingerprint density at radius 1 is 1.07 bits per heavy atom. The molecule has 0 N–H and O–H groups in total. The Balaban J connectivity index is 1.54. The first-order valence-corrected chi connectivity index (χ1v) is 8.86. The summed E-state index contributed by atoms with van der Waals surface area (Å²) < 4.78 is 22.3. The molecule has 0 aliphatic carbocycles. The molecule has 0 radical (unpaired) electrons. The van der Waals surface area contributed by atoms with Crippen LogP contribution in [-0.4, -0.2) is 31.7 Å². The minimum atomic E-state index is -0.337. The second-order valence-electron chi connectivity index (χ2n) is 7.25. The Morgan fingerprint density at radius 3 is 2.59 bits per heavy atom. The average Bonchev–Trinajstić information content (AvgIpc) is 3.47. The quantitative estimate of drug-likeness (QED) is 0.451. The van der Waals surface area contributed by atoms with Gasteiger partial charge in [0.1, 0.15) is 23.6 Å². The number of methoxy groups -OCH3 is 2. The van der Waals surface area contributed by atoms with Crippen LogP contribution in [0.4, 0.5) is 0 Å². The highest BCUT2D eigenvalue weighted by atomic mass is 16.6. The van der Waals surface area contributed by atoms with Crippen molar-refractivity contribution in [2.75, 3.05) is 14.2 Å². The Bertz CT molecular complexity index is 928. The van der Waals surface area contributed by atoms with Crippen LogP contribution in [0.2, 0.25) is 0 Å². The molecule has 2 aliphatic rings. The molecule has 2 aromatic carbocycles. The van der Waals surface area contributed by atoms with Crippen molar-refractivity contribution < 1.29 is 23.7 Å². The smallest absolute Gasteiger partial charge is 0.185 e. The third kappa shape index (κ3) is 3.19. The van der Waals surface area contributed by atoms with Gasteiger partial charge < -0.3 is 18.9 Å². The number of epoxide rings is 1. The maximum atomic E-state index is 12.6. The van der Waals surface area contributed by atoms with Crippen molar-refractivity contribution in [3.05, 3.63) is 59.2 Å². The van der Waals surface area contributed by atoms with Crippen molar-refractivity contribution in [3.63, 3.8) is 0 Å². The summed E-state index contributed by atoms with van der Waals surface area (Å²) >= 11 is 0. The number of benzene rings is 2. The summed E-state index contributed by atoms with van der Waals surface area (Å²) in [4.78, 5) is 12.6. The topological polar surface area (TPSA) is 57.3 Å². The molecule has 0 bridgehead atoms. The highest BCUT2D eigenvalue weighted by Gasteiger charge is 2.56. The standard InChI is InChI=1S/C22H22O5/c1-22(2)21-20(26-21)15-12-14(7-10-17(15)27-22)16(23)8-5-13-6-9-18(24-3)19(11-13)25-4/h5-12,20-21H,1-4H3/b8-5+. The Labute approximate surface area is 158 Å². The average molecular weight is 366 g/mol. The Morgan fingerprint density at radius 2 is 1.85 bits per heavy atom. The normalized spacial score (nSPS) is 21.8. The molecule has 27 heavy (non-hydrogen) atoms. The van der Waals surface area contributed by atoms with Gasteiger partial charge in [-0.05, 0) is 55.8 Å². The van der Waals surface area contributed by atoms with Crippen LogP contribution in [-0.2, 0) is 4.74 Å². The van der Waals surface area contributed by atoms with Crippen LogP contribution in [0, 0.1) is 0 Å². The number of carbonyl (C=O) groups excluding carboxylic acids is 1. The molecular weight excluding hydrogens is 344 g/mol. The van der Waals surface area contributed by atoms with Crippen LogP contribution in [0.5, 0.6) is 17.2 Å². The number of fused-ring (bicyclic) bond motifs is 3. The number of hydrogen-bond donors (Lipinski definition) is 0. The highest BCUT2D eigenvalue weighted by Crippen LogP contribution is 2.53. The zero-order valence-electron chi connectivity index (χ0n) is 15.8. The van der Waals surface area contributed by atoms with Crippen molar-refractivity contribution >= 4 is 11.9 Å². The summed E-state index contributed by atoms with van der Waals surface area (Å²) in [5, 5.41) is 0. The Hall–Kier alpha value is -2.79. The SMILES string of the molecule is COc1ccc(/C=C/C(=O)c2ccc3c(c2)C2OC2C(C)(C)O3)cc1OC. The molecule has 0 spiro atoms. The van der Waals surface area contributed by atoms with Gasteiger partial charge in [0.15, 0.2) is 17.3 Å². The van der Waals surface area contributed by atoms with E-state index >= 15 is 0 Å². The molecular formula is C22H22O5. The van der Waals surface area contributed by atoms with Crippen molar-refractivity contribution in [2.24, 2.45) is 0 Å². The van der Waals surface area contributed by atoms with E-state index in [4.69, 9.17) is 18.9 Å². The van der Waals surface area contributed by atoms with Crippen LogP contribution < -0.4 is 14.2 Å². The number of allylic oxidation sites excluding steroid dienone is 1. The molecule has 2 aliphatic heterocycles. The van der Waals surface area contributed by atoms with Gasteiger partial charge in [-0.1, -0.05) is 12.1 Å². The zero-order chi connectivity index (χ0) is 19.2. The van der Waals surface area contributed by atoms with Crippen molar-refractivity contribution in [1.82, 2.24) is 0 Å². The molecule has 140 valence electrons. The third-order valence-electron chi connectivity index (χ3n) is 4.99. The maximum absolute atomic E-state index is 12.6. The van der Waals surface area contributed by atoms with Gasteiger partial charge in [-0.25, -0.2) is 0 Å². The fraction of sp³-hybridized carbons (Fsp3) is 0.318. The monoisotopic (exact) mass is 366 g/mol. The van der Waals surface area contributed by atoms with E-state index in [1.165, 1.54) is 0 Å². The summed E-state index contributed by atoms with van der Waals surface area (Å²) in [6.45, 7) is 4.04. The maximum Gasteiger partial charge on any atom is 0.185 e. The molecule has 0 saturated carbocycles. The lowest BCUT2D eigenvalue weighted by Gasteiger charge is -2.29. The van der Waals surface area contributed by atoms with Gasteiger partial charge in [0.2, 0.25) is 0 Å². The van der Waals surface area contributed by atoms with Gasteiger partial charge in [-0.15, -0.1) is 0 Å².